The molecule has 1 aliphatic heterocycles. The first-order valence-corrected chi connectivity index (χ1v) is 12.1. The standard InChI is InChI=1S/C29H30N4O3/c34-25-15-13-21(14-16-25)17-27-29(35)32(19-24-11-6-10-23-9-4-5-12-26(23)24)20-28(31-27)33(36)30-18-22-7-2-1-3-8-22/h1-16,27-28,30-31,34,36H,17-20H2/t27-,28-/m0/s1. The Bertz CT molecular complexity index is 1310. The first-order valence-electron chi connectivity index (χ1n) is 12.1. The van der Waals surface area contributed by atoms with Gasteiger partial charge in [0.25, 0.3) is 0 Å². The lowest BCUT2D eigenvalue weighted by Gasteiger charge is -2.41. The van der Waals surface area contributed by atoms with Crippen LogP contribution in [0, 0.1) is 0 Å². The van der Waals surface area contributed by atoms with E-state index in [0.717, 1.165) is 32.6 Å². The number of hydrogen-bond donors (Lipinski definition) is 4. The van der Waals surface area contributed by atoms with Crippen molar-refractivity contribution in [3.05, 3.63) is 114 Å². The predicted molar refractivity (Wildman–Crippen MR) is 139 cm³/mol. The number of phenolic OH excluding ortho intramolecular Hbond substituents is 1. The molecule has 0 aliphatic carbocycles. The van der Waals surface area contributed by atoms with Crippen molar-refractivity contribution in [3.8, 4) is 5.75 Å². The molecule has 184 valence electrons. The maximum absolute atomic E-state index is 13.6. The fraction of sp³-hybridized carbons (Fsp3) is 0.207. The van der Waals surface area contributed by atoms with Gasteiger partial charge in [0.15, 0.2) is 0 Å². The lowest BCUT2D eigenvalue weighted by molar-refractivity contribution is -0.196. The molecule has 0 unspecified atom stereocenters. The molecule has 4 aromatic rings. The van der Waals surface area contributed by atoms with Crippen molar-refractivity contribution in [1.82, 2.24) is 20.8 Å². The van der Waals surface area contributed by atoms with E-state index in [4.69, 9.17) is 0 Å². The number of carbonyl (C=O) groups excluding carboxylic acids is 1. The van der Waals surface area contributed by atoms with Crippen molar-refractivity contribution in [2.75, 3.05) is 6.54 Å². The van der Waals surface area contributed by atoms with Crippen LogP contribution in [0.1, 0.15) is 16.7 Å². The molecule has 0 bridgehead atoms. The topological polar surface area (TPSA) is 88.1 Å². The molecule has 0 aromatic heterocycles. The summed E-state index contributed by atoms with van der Waals surface area (Å²) in [6.45, 7) is 1.21. The Morgan fingerprint density at radius 2 is 1.61 bits per heavy atom. The first kappa shape index (κ1) is 24.0. The van der Waals surface area contributed by atoms with E-state index in [1.54, 1.807) is 17.0 Å². The van der Waals surface area contributed by atoms with Crippen LogP contribution >= 0.6 is 0 Å². The zero-order valence-corrected chi connectivity index (χ0v) is 19.9. The van der Waals surface area contributed by atoms with Crippen molar-refractivity contribution in [2.45, 2.75) is 31.7 Å². The van der Waals surface area contributed by atoms with Crippen LogP contribution in [-0.4, -0.2) is 45.0 Å². The molecular weight excluding hydrogens is 452 g/mol. The highest BCUT2D eigenvalue weighted by Gasteiger charge is 2.36. The van der Waals surface area contributed by atoms with Gasteiger partial charge in [-0.05, 0) is 46.0 Å². The molecule has 2 atom stereocenters. The van der Waals surface area contributed by atoms with Crippen molar-refractivity contribution in [3.63, 3.8) is 0 Å². The molecule has 1 fully saturated rings. The highest BCUT2D eigenvalue weighted by molar-refractivity contribution is 5.87. The summed E-state index contributed by atoms with van der Waals surface area (Å²) in [5.41, 5.74) is 6.07. The second kappa shape index (κ2) is 10.9. The van der Waals surface area contributed by atoms with Crippen LogP contribution in [0.5, 0.6) is 5.75 Å². The fourth-order valence-corrected chi connectivity index (χ4v) is 4.69. The number of rotatable bonds is 8. The summed E-state index contributed by atoms with van der Waals surface area (Å²) in [5, 5.41) is 27.1. The molecular formula is C29H30N4O3. The zero-order valence-electron chi connectivity index (χ0n) is 19.9. The van der Waals surface area contributed by atoms with Gasteiger partial charge in [0.1, 0.15) is 11.9 Å². The van der Waals surface area contributed by atoms with E-state index in [-0.39, 0.29) is 11.7 Å². The average Bonchev–Trinajstić information content (AvgIpc) is 2.91. The van der Waals surface area contributed by atoms with Gasteiger partial charge in [0, 0.05) is 13.1 Å². The van der Waals surface area contributed by atoms with Gasteiger partial charge in [-0.3, -0.25) is 15.3 Å². The summed E-state index contributed by atoms with van der Waals surface area (Å²) in [7, 11) is 0. The third-order valence-corrected chi connectivity index (χ3v) is 6.60. The van der Waals surface area contributed by atoms with Gasteiger partial charge in [-0.2, -0.15) is 0 Å². The van der Waals surface area contributed by atoms with Crippen LogP contribution in [0.2, 0.25) is 0 Å². The van der Waals surface area contributed by atoms with Crippen molar-refractivity contribution in [1.29, 1.82) is 0 Å². The van der Waals surface area contributed by atoms with Gasteiger partial charge in [-0.25, -0.2) is 5.43 Å². The largest absolute Gasteiger partial charge is 0.508 e. The number of nitrogens with zero attached hydrogens (tertiary/aromatic N) is 2. The van der Waals surface area contributed by atoms with Gasteiger partial charge < -0.3 is 10.0 Å². The number of piperazine rings is 1. The Morgan fingerprint density at radius 1 is 0.889 bits per heavy atom. The molecule has 7 nitrogen and oxygen atoms in total. The maximum Gasteiger partial charge on any atom is 0.240 e. The minimum atomic E-state index is -0.531. The lowest BCUT2D eigenvalue weighted by Crippen LogP contribution is -2.66. The molecule has 7 heteroatoms. The van der Waals surface area contributed by atoms with E-state index < -0.39 is 12.2 Å². The van der Waals surface area contributed by atoms with Crippen LogP contribution < -0.4 is 10.7 Å². The zero-order chi connectivity index (χ0) is 24.9. The Labute approximate surface area is 210 Å². The van der Waals surface area contributed by atoms with E-state index in [2.05, 4.69) is 28.9 Å². The van der Waals surface area contributed by atoms with Crippen molar-refractivity contribution >= 4 is 16.7 Å². The van der Waals surface area contributed by atoms with Crippen LogP contribution in [0.15, 0.2) is 97.1 Å². The Kier molecular flexibility index (Phi) is 7.25. The molecule has 5 rings (SSSR count). The number of carbonyl (C=O) groups is 1. The van der Waals surface area contributed by atoms with Crippen LogP contribution in [0.4, 0.5) is 0 Å². The molecule has 1 heterocycles. The van der Waals surface area contributed by atoms with E-state index in [9.17, 15) is 15.1 Å². The summed E-state index contributed by atoms with van der Waals surface area (Å²) in [5.74, 6) is 0.160. The van der Waals surface area contributed by atoms with Gasteiger partial charge in [-0.1, -0.05) is 84.9 Å². The van der Waals surface area contributed by atoms with Crippen LogP contribution in [0.25, 0.3) is 10.8 Å². The number of aromatic hydroxyl groups is 1. The highest BCUT2D eigenvalue weighted by atomic mass is 16.5. The minimum absolute atomic E-state index is 0.0243. The maximum atomic E-state index is 13.6. The fourth-order valence-electron chi connectivity index (χ4n) is 4.69. The summed E-state index contributed by atoms with van der Waals surface area (Å²) in [4.78, 5) is 15.4. The van der Waals surface area contributed by atoms with E-state index in [0.29, 0.717) is 26.1 Å². The lowest BCUT2D eigenvalue weighted by atomic mass is 10.0. The number of hydrazine groups is 1. The minimum Gasteiger partial charge on any atom is -0.508 e. The molecule has 36 heavy (non-hydrogen) atoms. The van der Waals surface area contributed by atoms with E-state index in [1.807, 2.05) is 66.7 Å². The van der Waals surface area contributed by atoms with Gasteiger partial charge in [0.05, 0.1) is 12.6 Å². The monoisotopic (exact) mass is 482 g/mol. The molecule has 1 amide bonds. The second-order valence-electron chi connectivity index (χ2n) is 9.13. The smallest absolute Gasteiger partial charge is 0.240 e. The van der Waals surface area contributed by atoms with Crippen molar-refractivity contribution in [2.24, 2.45) is 0 Å². The average molecular weight is 483 g/mol. The van der Waals surface area contributed by atoms with Gasteiger partial charge in [0.2, 0.25) is 5.91 Å². The Morgan fingerprint density at radius 3 is 2.42 bits per heavy atom. The summed E-state index contributed by atoms with van der Waals surface area (Å²) < 4.78 is 0. The predicted octanol–water partition coefficient (Wildman–Crippen LogP) is 3.81. The quantitative estimate of drug-likeness (QED) is 0.286. The molecule has 1 aliphatic rings. The number of amides is 1. The normalized spacial score (nSPS) is 18.2. The summed E-state index contributed by atoms with van der Waals surface area (Å²) in [6, 6.07) is 30.4. The number of fused-ring (bicyclic) bond motifs is 1. The molecule has 4 N–H and O–H groups in total. The third-order valence-electron chi connectivity index (χ3n) is 6.60. The van der Waals surface area contributed by atoms with Crippen LogP contribution in [-0.2, 0) is 24.3 Å². The summed E-state index contributed by atoms with van der Waals surface area (Å²) in [6.07, 6.45) is -0.0720. The number of benzene rings is 4. The van der Waals surface area contributed by atoms with E-state index >= 15 is 0 Å². The number of phenols is 1. The second-order valence-corrected chi connectivity index (χ2v) is 9.13. The molecule has 4 aromatic carbocycles. The highest BCUT2D eigenvalue weighted by Crippen LogP contribution is 2.23. The molecule has 1 saturated heterocycles. The van der Waals surface area contributed by atoms with Gasteiger partial charge in [-0.15, -0.1) is 5.17 Å². The molecule has 0 saturated carbocycles. The third kappa shape index (κ3) is 5.56. The summed E-state index contributed by atoms with van der Waals surface area (Å²) >= 11 is 0. The van der Waals surface area contributed by atoms with Crippen LogP contribution in [0.3, 0.4) is 0 Å². The van der Waals surface area contributed by atoms with Crippen molar-refractivity contribution < 1.29 is 15.1 Å². The number of nitrogens with one attached hydrogen (secondary N) is 2. The Balaban J connectivity index is 1.37. The Hall–Kier alpha value is -3.75. The number of hydroxylamine groups is 1. The first-order chi connectivity index (χ1) is 17.6. The van der Waals surface area contributed by atoms with E-state index in [1.165, 1.54) is 0 Å². The SMILES string of the molecule is O=C1[C@H](Cc2ccc(O)cc2)N[C@@H](N(O)NCc2ccccc2)CN1Cc1cccc2ccccc12. The molecule has 0 radical (unpaired) electrons. The van der Waals surface area contributed by atoms with Gasteiger partial charge >= 0.3 is 0 Å². The molecule has 0 spiro atoms. The number of hydrogen-bond acceptors (Lipinski definition) is 6.